The third-order valence-corrected chi connectivity index (χ3v) is 3.03. The minimum Gasteiger partial charge on any atom is -0.379 e. The van der Waals surface area contributed by atoms with Crippen molar-refractivity contribution in [2.75, 3.05) is 7.11 Å². The molecule has 1 rings (SSSR count). The number of nitrogens with one attached hydrogen (secondary N) is 1. The predicted molar refractivity (Wildman–Crippen MR) is 67.1 cm³/mol. The van der Waals surface area contributed by atoms with Crippen molar-refractivity contribution >= 4 is 0 Å². The Kier molecular flexibility index (Phi) is 5.34. The smallest absolute Gasteiger partial charge is 0.379 e. The van der Waals surface area contributed by atoms with E-state index in [1.165, 1.54) is 12.1 Å². The van der Waals surface area contributed by atoms with Gasteiger partial charge >= 0.3 is 6.18 Å². The molecule has 0 aliphatic rings. The lowest BCUT2D eigenvalue weighted by molar-refractivity contribution is -0.137. The second kappa shape index (κ2) is 6.36. The summed E-state index contributed by atoms with van der Waals surface area (Å²) in [6.07, 6.45) is -4.55. The van der Waals surface area contributed by atoms with Crippen LogP contribution >= 0.6 is 0 Å². The summed E-state index contributed by atoms with van der Waals surface area (Å²) in [5.41, 5.74) is 2.59. The topological polar surface area (TPSA) is 47.3 Å². The number of methoxy groups -OCH3 is 1. The van der Waals surface area contributed by atoms with Gasteiger partial charge in [0, 0.05) is 7.11 Å². The van der Waals surface area contributed by atoms with Crippen LogP contribution in [-0.4, -0.2) is 13.2 Å². The van der Waals surface area contributed by atoms with Gasteiger partial charge in [0.1, 0.15) is 0 Å². The van der Waals surface area contributed by atoms with Gasteiger partial charge < -0.3 is 4.74 Å². The molecule has 1 aromatic carbocycles. The third kappa shape index (κ3) is 3.92. The van der Waals surface area contributed by atoms with E-state index < -0.39 is 11.7 Å². The minimum absolute atomic E-state index is 0.174. The van der Waals surface area contributed by atoms with Crippen molar-refractivity contribution in [2.24, 2.45) is 11.8 Å². The lowest BCUT2D eigenvalue weighted by Crippen LogP contribution is -2.40. The molecule has 0 aliphatic heterocycles. The molecule has 0 aromatic heterocycles. The molecule has 0 bridgehead atoms. The highest BCUT2D eigenvalue weighted by Crippen LogP contribution is 2.31. The Morgan fingerprint density at radius 2 is 1.68 bits per heavy atom. The molecule has 3 N–H and O–H groups in total. The molecule has 3 nitrogen and oxygen atoms in total. The molecule has 0 aliphatic carbocycles. The van der Waals surface area contributed by atoms with Crippen molar-refractivity contribution in [1.29, 1.82) is 0 Å². The maximum absolute atomic E-state index is 12.5. The molecule has 0 radical (unpaired) electrons. The Hall–Kier alpha value is -1.11. The molecule has 2 unspecified atom stereocenters. The third-order valence-electron chi connectivity index (χ3n) is 3.03. The van der Waals surface area contributed by atoms with Crippen molar-refractivity contribution in [3.05, 3.63) is 35.4 Å². The van der Waals surface area contributed by atoms with Crippen molar-refractivity contribution in [2.45, 2.75) is 32.2 Å². The molecule has 108 valence electrons. The number of ether oxygens (including phenoxy) is 1. The zero-order valence-electron chi connectivity index (χ0n) is 11.2. The first-order chi connectivity index (χ1) is 8.81. The molecule has 0 amide bonds. The van der Waals surface area contributed by atoms with Gasteiger partial charge in [0.05, 0.1) is 17.7 Å². The van der Waals surface area contributed by atoms with Gasteiger partial charge in [-0.25, -0.2) is 0 Å². The summed E-state index contributed by atoms with van der Waals surface area (Å²) >= 11 is 0. The van der Waals surface area contributed by atoms with E-state index in [0.717, 1.165) is 12.1 Å². The average molecular weight is 276 g/mol. The highest BCUT2D eigenvalue weighted by atomic mass is 19.4. The van der Waals surface area contributed by atoms with Crippen LogP contribution in [0, 0.1) is 5.92 Å². The molecule has 0 spiro atoms. The summed E-state index contributed by atoms with van der Waals surface area (Å²) in [6.45, 7) is 3.92. The van der Waals surface area contributed by atoms with E-state index in [1.807, 2.05) is 13.8 Å². The molecule has 0 saturated heterocycles. The van der Waals surface area contributed by atoms with Gasteiger partial charge in [-0.3, -0.25) is 11.3 Å². The Bertz CT molecular complexity index is 390. The van der Waals surface area contributed by atoms with Gasteiger partial charge in [-0.05, 0) is 23.6 Å². The maximum Gasteiger partial charge on any atom is 0.416 e. The molecule has 1 aromatic rings. The number of hydrogen-bond donors (Lipinski definition) is 2. The predicted octanol–water partition coefficient (Wildman–Crippen LogP) is 2.88. The Morgan fingerprint density at radius 1 is 1.16 bits per heavy atom. The number of alkyl halides is 3. The van der Waals surface area contributed by atoms with Crippen LogP contribution in [0.15, 0.2) is 24.3 Å². The minimum atomic E-state index is -4.33. The highest BCUT2D eigenvalue weighted by molar-refractivity contribution is 5.27. The zero-order valence-corrected chi connectivity index (χ0v) is 11.2. The average Bonchev–Trinajstić information content (AvgIpc) is 2.34. The molecule has 2 atom stereocenters. The molecule has 0 fully saturated rings. The fourth-order valence-corrected chi connectivity index (χ4v) is 2.05. The van der Waals surface area contributed by atoms with Crippen LogP contribution in [0.4, 0.5) is 13.2 Å². The van der Waals surface area contributed by atoms with E-state index in [1.54, 1.807) is 7.11 Å². The second-order valence-electron chi connectivity index (χ2n) is 4.71. The van der Waals surface area contributed by atoms with Gasteiger partial charge in [-0.15, -0.1) is 0 Å². The summed E-state index contributed by atoms with van der Waals surface area (Å²) in [7, 11) is 1.55. The normalized spacial score (nSPS) is 15.6. The van der Waals surface area contributed by atoms with E-state index in [-0.39, 0.29) is 18.1 Å². The van der Waals surface area contributed by atoms with Crippen LogP contribution in [0.1, 0.15) is 31.0 Å². The summed E-state index contributed by atoms with van der Waals surface area (Å²) < 4.78 is 42.8. The Labute approximate surface area is 110 Å². The summed E-state index contributed by atoms with van der Waals surface area (Å²) in [5, 5.41) is 0. The van der Waals surface area contributed by atoms with Gasteiger partial charge in [-0.2, -0.15) is 13.2 Å². The number of nitrogens with two attached hydrogens (primary N) is 1. The first-order valence-electron chi connectivity index (χ1n) is 5.97. The van der Waals surface area contributed by atoms with E-state index in [4.69, 9.17) is 10.6 Å². The van der Waals surface area contributed by atoms with Crippen LogP contribution in [0.5, 0.6) is 0 Å². The number of rotatable bonds is 5. The van der Waals surface area contributed by atoms with Crippen LogP contribution in [-0.2, 0) is 10.9 Å². The Balaban J connectivity index is 3.00. The van der Waals surface area contributed by atoms with E-state index in [0.29, 0.717) is 5.56 Å². The van der Waals surface area contributed by atoms with E-state index >= 15 is 0 Å². The van der Waals surface area contributed by atoms with Crippen LogP contribution in [0.3, 0.4) is 0 Å². The summed E-state index contributed by atoms with van der Waals surface area (Å²) in [4.78, 5) is 0. The lowest BCUT2D eigenvalue weighted by Gasteiger charge is -2.29. The number of halogens is 3. The van der Waals surface area contributed by atoms with E-state index in [2.05, 4.69) is 5.43 Å². The summed E-state index contributed by atoms with van der Waals surface area (Å²) in [6, 6.07) is 4.58. The van der Waals surface area contributed by atoms with Gasteiger partial charge in [0.25, 0.3) is 0 Å². The van der Waals surface area contributed by atoms with Crippen molar-refractivity contribution < 1.29 is 17.9 Å². The molecule has 0 heterocycles. The van der Waals surface area contributed by atoms with Crippen LogP contribution < -0.4 is 11.3 Å². The number of hydrazine groups is 1. The monoisotopic (exact) mass is 276 g/mol. The zero-order chi connectivity index (χ0) is 14.6. The fraction of sp³-hybridized carbons (Fsp3) is 0.538. The Morgan fingerprint density at radius 3 is 2.00 bits per heavy atom. The van der Waals surface area contributed by atoms with Gasteiger partial charge in [-0.1, -0.05) is 26.0 Å². The fourth-order valence-electron chi connectivity index (χ4n) is 2.05. The molecule has 19 heavy (non-hydrogen) atoms. The van der Waals surface area contributed by atoms with E-state index in [9.17, 15) is 13.2 Å². The first kappa shape index (κ1) is 15.9. The van der Waals surface area contributed by atoms with Crippen molar-refractivity contribution in [3.63, 3.8) is 0 Å². The van der Waals surface area contributed by atoms with Crippen LogP contribution in [0.25, 0.3) is 0 Å². The van der Waals surface area contributed by atoms with Gasteiger partial charge in [0.15, 0.2) is 0 Å². The molecular weight excluding hydrogens is 257 g/mol. The number of hydrogen-bond acceptors (Lipinski definition) is 3. The SMILES string of the molecule is COC(C(C)C)C(NN)c1ccc(C(F)(F)F)cc1. The molecule has 0 saturated carbocycles. The second-order valence-corrected chi connectivity index (χ2v) is 4.71. The quantitative estimate of drug-likeness (QED) is 0.642. The lowest BCUT2D eigenvalue weighted by atomic mass is 9.93. The maximum atomic E-state index is 12.5. The van der Waals surface area contributed by atoms with Crippen molar-refractivity contribution in [3.8, 4) is 0 Å². The standard InChI is InChI=1S/C13H19F3N2O/c1-8(2)12(19-3)11(18-17)9-4-6-10(7-5-9)13(14,15)16/h4-8,11-12,18H,17H2,1-3H3. The highest BCUT2D eigenvalue weighted by Gasteiger charge is 2.31. The molecular formula is C13H19F3N2O. The van der Waals surface area contributed by atoms with Gasteiger partial charge in [0.2, 0.25) is 0 Å². The first-order valence-corrected chi connectivity index (χ1v) is 5.97. The summed E-state index contributed by atoms with van der Waals surface area (Å²) in [5.74, 6) is 5.67. The molecule has 6 heteroatoms. The van der Waals surface area contributed by atoms with Crippen LogP contribution in [0.2, 0.25) is 0 Å². The largest absolute Gasteiger partial charge is 0.416 e. The van der Waals surface area contributed by atoms with Crippen molar-refractivity contribution in [1.82, 2.24) is 5.43 Å². The number of benzene rings is 1.